The van der Waals surface area contributed by atoms with Crippen LogP contribution in [0, 0.1) is 17.2 Å². The lowest BCUT2D eigenvalue weighted by molar-refractivity contribution is -0.122. The number of hydrogen-bond acceptors (Lipinski definition) is 2. The lowest BCUT2D eigenvalue weighted by atomic mass is 9.76. The fourth-order valence-corrected chi connectivity index (χ4v) is 3.55. The number of benzene rings is 1. The highest BCUT2D eigenvalue weighted by atomic mass is 35.5. The summed E-state index contributed by atoms with van der Waals surface area (Å²) < 4.78 is 0. The van der Waals surface area contributed by atoms with Crippen LogP contribution in [0.25, 0.3) is 0 Å². The van der Waals surface area contributed by atoms with Crippen molar-refractivity contribution in [3.63, 3.8) is 0 Å². The van der Waals surface area contributed by atoms with Crippen LogP contribution >= 0.6 is 23.2 Å². The van der Waals surface area contributed by atoms with E-state index < -0.39 is 5.54 Å². The fraction of sp³-hybridized carbons (Fsp3) is 0.529. The molecule has 0 aliphatic heterocycles. The number of halogens is 2. The Hall–Kier alpha value is -1.24. The number of hydrogen-bond donors (Lipinski definition) is 1. The molecule has 0 saturated heterocycles. The van der Waals surface area contributed by atoms with Crippen LogP contribution in [-0.2, 0) is 11.2 Å². The summed E-state index contributed by atoms with van der Waals surface area (Å²) in [6, 6.07) is 7.38. The number of rotatable bonds is 4. The van der Waals surface area contributed by atoms with E-state index in [4.69, 9.17) is 23.2 Å². The van der Waals surface area contributed by atoms with Crippen molar-refractivity contribution < 1.29 is 4.79 Å². The topological polar surface area (TPSA) is 52.9 Å². The van der Waals surface area contributed by atoms with Crippen LogP contribution in [-0.4, -0.2) is 11.4 Å². The summed E-state index contributed by atoms with van der Waals surface area (Å²) >= 11 is 12.0. The van der Waals surface area contributed by atoms with Gasteiger partial charge in [0.05, 0.1) is 12.5 Å². The summed E-state index contributed by atoms with van der Waals surface area (Å²) in [6.07, 6.45) is 5.60. The largest absolute Gasteiger partial charge is 0.338 e. The van der Waals surface area contributed by atoms with E-state index in [0.29, 0.717) is 15.6 Å². The zero-order valence-electron chi connectivity index (χ0n) is 12.7. The quantitative estimate of drug-likeness (QED) is 0.877. The van der Waals surface area contributed by atoms with E-state index in [9.17, 15) is 10.1 Å². The molecule has 1 aromatic carbocycles. The van der Waals surface area contributed by atoms with Gasteiger partial charge in [-0.05, 0) is 43.4 Å². The maximum absolute atomic E-state index is 12.3. The van der Waals surface area contributed by atoms with Gasteiger partial charge >= 0.3 is 0 Å². The van der Waals surface area contributed by atoms with Crippen LogP contribution in [0.3, 0.4) is 0 Å². The normalized spacial score (nSPS) is 18.3. The second-order valence-corrected chi connectivity index (χ2v) is 6.95. The van der Waals surface area contributed by atoms with Crippen molar-refractivity contribution in [2.75, 3.05) is 0 Å². The molecule has 1 aliphatic rings. The number of nitriles is 1. The Morgan fingerprint density at radius 2 is 2.05 bits per heavy atom. The molecule has 22 heavy (non-hydrogen) atoms. The van der Waals surface area contributed by atoms with Crippen LogP contribution in [0.5, 0.6) is 0 Å². The van der Waals surface area contributed by atoms with E-state index in [0.717, 1.165) is 25.7 Å². The minimum absolute atomic E-state index is 0.153. The monoisotopic (exact) mass is 338 g/mol. The molecule has 1 saturated carbocycles. The number of nitrogens with zero attached hydrogens (tertiary/aromatic N) is 1. The maximum atomic E-state index is 12.3. The molecule has 118 valence electrons. The first kappa shape index (κ1) is 17.1. The molecule has 0 spiro atoms. The SMILES string of the molecule is CC(C#N)(NC(=O)Cc1ccc(Cl)cc1Cl)C1CCCCC1. The van der Waals surface area contributed by atoms with Crippen LogP contribution in [0.1, 0.15) is 44.6 Å². The Kier molecular flexibility index (Phi) is 5.72. The van der Waals surface area contributed by atoms with Crippen molar-refractivity contribution in [3.8, 4) is 6.07 Å². The molecular formula is C17H20Cl2N2O. The van der Waals surface area contributed by atoms with E-state index in [1.54, 1.807) is 18.2 Å². The minimum Gasteiger partial charge on any atom is -0.338 e. The lowest BCUT2D eigenvalue weighted by Gasteiger charge is -2.35. The first-order valence-electron chi connectivity index (χ1n) is 7.61. The molecule has 0 aromatic heterocycles. The van der Waals surface area contributed by atoms with E-state index in [-0.39, 0.29) is 18.2 Å². The number of nitrogens with one attached hydrogen (secondary N) is 1. The van der Waals surface area contributed by atoms with E-state index >= 15 is 0 Å². The van der Waals surface area contributed by atoms with E-state index in [2.05, 4.69) is 11.4 Å². The summed E-state index contributed by atoms with van der Waals surface area (Å²) in [4.78, 5) is 12.3. The third kappa shape index (κ3) is 4.15. The summed E-state index contributed by atoms with van der Waals surface area (Å²) in [5.41, 5.74) is -0.0938. The summed E-state index contributed by atoms with van der Waals surface area (Å²) in [6.45, 7) is 1.82. The van der Waals surface area contributed by atoms with Crippen LogP contribution in [0.4, 0.5) is 0 Å². The Bertz CT molecular complexity index is 591. The van der Waals surface area contributed by atoms with Gasteiger partial charge in [-0.2, -0.15) is 5.26 Å². The Balaban J connectivity index is 2.04. The third-order valence-electron chi connectivity index (χ3n) is 4.42. The van der Waals surface area contributed by atoms with Crippen molar-refractivity contribution in [1.29, 1.82) is 5.26 Å². The van der Waals surface area contributed by atoms with Crippen molar-refractivity contribution in [2.24, 2.45) is 5.92 Å². The molecule has 5 heteroatoms. The van der Waals surface area contributed by atoms with Crippen molar-refractivity contribution in [1.82, 2.24) is 5.32 Å². The molecule has 3 nitrogen and oxygen atoms in total. The second-order valence-electron chi connectivity index (χ2n) is 6.11. The van der Waals surface area contributed by atoms with Crippen LogP contribution in [0.2, 0.25) is 10.0 Å². The predicted octanol–water partition coefficient (Wildman–Crippen LogP) is 4.51. The molecule has 1 amide bonds. The first-order valence-corrected chi connectivity index (χ1v) is 8.36. The zero-order chi connectivity index (χ0) is 16.2. The summed E-state index contributed by atoms with van der Waals surface area (Å²) in [7, 11) is 0. The molecule has 1 fully saturated rings. The van der Waals surface area contributed by atoms with Crippen molar-refractivity contribution >= 4 is 29.1 Å². The standard InChI is InChI=1S/C17H20Cl2N2O/c1-17(11-20,13-5-3-2-4-6-13)21-16(22)9-12-7-8-14(18)10-15(12)19/h7-8,10,13H,2-6,9H2,1H3,(H,21,22). The number of carbonyl (C=O) groups excluding carboxylic acids is 1. The first-order chi connectivity index (χ1) is 10.4. The van der Waals surface area contributed by atoms with Gasteiger partial charge in [0.15, 0.2) is 0 Å². The Morgan fingerprint density at radius 1 is 1.36 bits per heavy atom. The molecule has 0 bridgehead atoms. The zero-order valence-corrected chi connectivity index (χ0v) is 14.2. The lowest BCUT2D eigenvalue weighted by Crippen LogP contribution is -2.51. The van der Waals surface area contributed by atoms with Crippen molar-refractivity contribution in [3.05, 3.63) is 33.8 Å². The molecular weight excluding hydrogens is 319 g/mol. The smallest absolute Gasteiger partial charge is 0.225 e. The number of amides is 1. The molecule has 0 radical (unpaired) electrons. The molecule has 2 rings (SSSR count). The van der Waals surface area contributed by atoms with Crippen molar-refractivity contribution in [2.45, 2.75) is 51.0 Å². The van der Waals surface area contributed by atoms with Gasteiger partial charge in [-0.3, -0.25) is 4.79 Å². The van der Waals surface area contributed by atoms with E-state index in [1.807, 2.05) is 6.92 Å². The molecule has 1 aliphatic carbocycles. The van der Waals surface area contributed by atoms with Gasteiger partial charge < -0.3 is 5.32 Å². The molecule has 1 unspecified atom stereocenters. The van der Waals surface area contributed by atoms with Gasteiger partial charge in [-0.25, -0.2) is 0 Å². The van der Waals surface area contributed by atoms with Gasteiger partial charge in [0.2, 0.25) is 5.91 Å². The summed E-state index contributed by atoms with van der Waals surface area (Å²) in [5.74, 6) is 0.0368. The predicted molar refractivity (Wildman–Crippen MR) is 88.9 cm³/mol. The fourth-order valence-electron chi connectivity index (χ4n) is 3.07. The minimum atomic E-state index is -0.809. The highest BCUT2D eigenvalue weighted by Gasteiger charge is 2.36. The van der Waals surface area contributed by atoms with Gasteiger partial charge in [0, 0.05) is 10.0 Å². The molecule has 0 heterocycles. The Labute approximate surface area is 141 Å². The molecule has 1 aromatic rings. The molecule has 1 atom stereocenters. The average Bonchev–Trinajstić information content (AvgIpc) is 2.51. The van der Waals surface area contributed by atoms with E-state index in [1.165, 1.54) is 6.42 Å². The second kappa shape index (κ2) is 7.35. The van der Waals surface area contributed by atoms with Gasteiger partial charge in [-0.1, -0.05) is 48.5 Å². The highest BCUT2D eigenvalue weighted by Crippen LogP contribution is 2.32. The highest BCUT2D eigenvalue weighted by molar-refractivity contribution is 6.35. The molecule has 1 N–H and O–H groups in total. The maximum Gasteiger partial charge on any atom is 0.225 e. The van der Waals surface area contributed by atoms with Gasteiger partial charge in [0.25, 0.3) is 0 Å². The Morgan fingerprint density at radius 3 is 2.64 bits per heavy atom. The number of carbonyl (C=O) groups is 1. The van der Waals surface area contributed by atoms with Crippen LogP contribution in [0.15, 0.2) is 18.2 Å². The van der Waals surface area contributed by atoms with Gasteiger partial charge in [-0.15, -0.1) is 0 Å². The third-order valence-corrected chi connectivity index (χ3v) is 5.01. The summed E-state index contributed by atoms with van der Waals surface area (Å²) in [5, 5.41) is 13.5. The average molecular weight is 339 g/mol. The van der Waals surface area contributed by atoms with Crippen LogP contribution < -0.4 is 5.32 Å². The van der Waals surface area contributed by atoms with Gasteiger partial charge in [0.1, 0.15) is 5.54 Å².